The van der Waals surface area contributed by atoms with E-state index in [9.17, 15) is 8.42 Å². The summed E-state index contributed by atoms with van der Waals surface area (Å²) in [5.41, 5.74) is 6.21. The van der Waals surface area contributed by atoms with Gasteiger partial charge in [0.2, 0.25) is 0 Å². The van der Waals surface area contributed by atoms with E-state index in [2.05, 4.69) is 0 Å². The van der Waals surface area contributed by atoms with Crippen LogP contribution in [0.5, 0.6) is 0 Å². The largest absolute Gasteiger partial charge is 0.327 e. The highest BCUT2D eigenvalue weighted by Gasteiger charge is 2.35. The molecular weight excluding hydrogens is 210 g/mol. The molecule has 3 nitrogen and oxygen atoms in total. The number of hydrogen-bond acceptors (Lipinski definition) is 3. The maximum absolute atomic E-state index is 11.4. The molecule has 1 saturated heterocycles. The molecule has 0 bridgehead atoms. The van der Waals surface area contributed by atoms with Crippen LogP contribution in [0.25, 0.3) is 0 Å². The van der Waals surface area contributed by atoms with Crippen LogP contribution in [0.3, 0.4) is 0 Å². The van der Waals surface area contributed by atoms with Crippen molar-refractivity contribution in [3.63, 3.8) is 0 Å². The first-order valence-corrected chi connectivity index (χ1v) is 7.87. The van der Waals surface area contributed by atoms with Crippen molar-refractivity contribution in [2.24, 2.45) is 17.6 Å². The van der Waals surface area contributed by atoms with Gasteiger partial charge < -0.3 is 5.73 Å². The maximum atomic E-state index is 11.4. The Labute approximate surface area is 92.3 Å². The fraction of sp³-hybridized carbons (Fsp3) is 1.00. The van der Waals surface area contributed by atoms with Gasteiger partial charge in [0.15, 0.2) is 9.84 Å². The summed E-state index contributed by atoms with van der Waals surface area (Å²) in [6.45, 7) is 0. The lowest BCUT2D eigenvalue weighted by atomic mass is 9.79. The predicted molar refractivity (Wildman–Crippen MR) is 61.3 cm³/mol. The van der Waals surface area contributed by atoms with Crippen LogP contribution in [0.15, 0.2) is 0 Å². The quantitative estimate of drug-likeness (QED) is 0.780. The molecule has 2 atom stereocenters. The molecule has 4 heteroatoms. The molecule has 1 aliphatic heterocycles. The molecule has 1 saturated carbocycles. The summed E-state index contributed by atoms with van der Waals surface area (Å²) in [5.74, 6) is 1.51. The minimum absolute atomic E-state index is 0.127. The molecule has 0 aromatic carbocycles. The van der Waals surface area contributed by atoms with Gasteiger partial charge in [-0.1, -0.05) is 19.3 Å². The molecule has 0 amide bonds. The van der Waals surface area contributed by atoms with Gasteiger partial charge in [0.25, 0.3) is 0 Å². The molecule has 0 aromatic rings. The van der Waals surface area contributed by atoms with Gasteiger partial charge in [-0.2, -0.15) is 0 Å². The summed E-state index contributed by atoms with van der Waals surface area (Å²) < 4.78 is 22.7. The van der Waals surface area contributed by atoms with Crippen LogP contribution in [0.1, 0.15) is 38.5 Å². The second-order valence-electron chi connectivity index (χ2n) is 5.14. The molecule has 15 heavy (non-hydrogen) atoms. The third kappa shape index (κ3) is 2.72. The Morgan fingerprint density at radius 2 is 1.67 bits per heavy atom. The number of nitrogens with two attached hydrogens (primary N) is 1. The Morgan fingerprint density at radius 3 is 2.20 bits per heavy atom. The van der Waals surface area contributed by atoms with Crippen molar-refractivity contribution in [1.29, 1.82) is 0 Å². The average molecular weight is 231 g/mol. The van der Waals surface area contributed by atoms with Crippen LogP contribution in [0.2, 0.25) is 0 Å². The number of hydrogen-bond donors (Lipinski definition) is 1. The second kappa shape index (κ2) is 4.42. The zero-order chi connectivity index (χ0) is 10.9. The van der Waals surface area contributed by atoms with Crippen molar-refractivity contribution in [2.75, 3.05) is 11.5 Å². The standard InChI is InChI=1S/C11H21NO2S/c12-11(9-4-2-1-3-5-9)10-6-7-15(13,14)8-10/h9-11H,1-8,12H2. The SMILES string of the molecule is NC(C1CCCCC1)C1CCS(=O)(=O)C1. The van der Waals surface area contributed by atoms with Gasteiger partial charge in [-0.05, 0) is 31.1 Å². The van der Waals surface area contributed by atoms with Crippen LogP contribution in [-0.2, 0) is 9.84 Å². The molecule has 2 unspecified atom stereocenters. The zero-order valence-corrected chi connectivity index (χ0v) is 10.0. The Hall–Kier alpha value is -0.0900. The predicted octanol–water partition coefficient (Wildman–Crippen LogP) is 1.33. The summed E-state index contributed by atoms with van der Waals surface area (Å²) in [5, 5.41) is 0. The Kier molecular flexibility index (Phi) is 3.36. The van der Waals surface area contributed by atoms with Crippen LogP contribution >= 0.6 is 0 Å². The number of sulfone groups is 1. The first kappa shape index (κ1) is 11.4. The molecule has 0 aromatic heterocycles. The third-order valence-electron chi connectivity index (χ3n) is 4.01. The van der Waals surface area contributed by atoms with Crippen LogP contribution < -0.4 is 5.73 Å². The monoisotopic (exact) mass is 231 g/mol. The molecule has 88 valence electrons. The first-order chi connectivity index (χ1) is 7.08. The maximum Gasteiger partial charge on any atom is 0.150 e. The summed E-state index contributed by atoms with van der Waals surface area (Å²) in [6.07, 6.45) is 7.08. The normalized spacial score (nSPS) is 34.1. The van der Waals surface area contributed by atoms with Gasteiger partial charge in [-0.25, -0.2) is 8.42 Å². The lowest BCUT2D eigenvalue weighted by molar-refractivity contribution is 0.255. The van der Waals surface area contributed by atoms with E-state index in [1.54, 1.807) is 0 Å². The van der Waals surface area contributed by atoms with Gasteiger partial charge in [0, 0.05) is 6.04 Å². The summed E-state index contributed by atoms with van der Waals surface area (Å²) in [4.78, 5) is 0. The summed E-state index contributed by atoms with van der Waals surface area (Å²) >= 11 is 0. The molecular formula is C11H21NO2S. The van der Waals surface area contributed by atoms with Gasteiger partial charge in [0.05, 0.1) is 11.5 Å². The highest BCUT2D eigenvalue weighted by atomic mass is 32.2. The van der Waals surface area contributed by atoms with Crippen molar-refractivity contribution < 1.29 is 8.42 Å². The second-order valence-corrected chi connectivity index (χ2v) is 7.37. The molecule has 1 heterocycles. The van der Waals surface area contributed by atoms with Crippen LogP contribution in [-0.4, -0.2) is 26.0 Å². The fourth-order valence-electron chi connectivity index (χ4n) is 3.03. The molecule has 2 fully saturated rings. The molecule has 2 rings (SSSR count). The molecule has 2 aliphatic rings. The Balaban J connectivity index is 1.93. The topological polar surface area (TPSA) is 60.2 Å². The van der Waals surface area contributed by atoms with E-state index in [0.29, 0.717) is 17.4 Å². The van der Waals surface area contributed by atoms with E-state index in [4.69, 9.17) is 5.73 Å². The van der Waals surface area contributed by atoms with Crippen molar-refractivity contribution in [1.82, 2.24) is 0 Å². The minimum atomic E-state index is -2.76. The molecule has 1 aliphatic carbocycles. The Morgan fingerprint density at radius 1 is 1.00 bits per heavy atom. The van der Waals surface area contributed by atoms with Crippen molar-refractivity contribution in [2.45, 2.75) is 44.6 Å². The highest BCUT2D eigenvalue weighted by Crippen LogP contribution is 2.32. The van der Waals surface area contributed by atoms with E-state index < -0.39 is 9.84 Å². The van der Waals surface area contributed by atoms with Gasteiger partial charge in [-0.15, -0.1) is 0 Å². The molecule has 2 N–H and O–H groups in total. The van der Waals surface area contributed by atoms with Crippen LogP contribution in [0, 0.1) is 11.8 Å². The number of rotatable bonds is 2. The van der Waals surface area contributed by atoms with Gasteiger partial charge in [0.1, 0.15) is 0 Å². The van der Waals surface area contributed by atoms with E-state index >= 15 is 0 Å². The minimum Gasteiger partial charge on any atom is -0.327 e. The molecule has 0 spiro atoms. The van der Waals surface area contributed by atoms with E-state index in [0.717, 1.165) is 6.42 Å². The summed E-state index contributed by atoms with van der Waals surface area (Å²) in [6, 6.07) is 0.127. The van der Waals surface area contributed by atoms with E-state index in [1.807, 2.05) is 0 Å². The Bertz CT molecular complexity index is 307. The zero-order valence-electron chi connectivity index (χ0n) is 9.19. The van der Waals surface area contributed by atoms with Crippen molar-refractivity contribution in [3.05, 3.63) is 0 Å². The average Bonchev–Trinajstić information content (AvgIpc) is 2.59. The lowest BCUT2D eigenvalue weighted by Crippen LogP contribution is -2.39. The third-order valence-corrected chi connectivity index (χ3v) is 5.80. The van der Waals surface area contributed by atoms with Gasteiger partial charge >= 0.3 is 0 Å². The van der Waals surface area contributed by atoms with Crippen LogP contribution in [0.4, 0.5) is 0 Å². The van der Waals surface area contributed by atoms with Gasteiger partial charge in [-0.3, -0.25) is 0 Å². The lowest BCUT2D eigenvalue weighted by Gasteiger charge is -2.30. The first-order valence-electron chi connectivity index (χ1n) is 6.04. The smallest absolute Gasteiger partial charge is 0.150 e. The fourth-order valence-corrected chi connectivity index (χ4v) is 4.90. The summed E-state index contributed by atoms with van der Waals surface area (Å²) in [7, 11) is -2.76. The van der Waals surface area contributed by atoms with Crippen molar-refractivity contribution in [3.8, 4) is 0 Å². The highest BCUT2D eigenvalue weighted by molar-refractivity contribution is 7.91. The molecule has 0 radical (unpaired) electrons. The van der Waals surface area contributed by atoms with E-state index in [1.165, 1.54) is 32.1 Å². The van der Waals surface area contributed by atoms with E-state index in [-0.39, 0.29) is 12.0 Å². The van der Waals surface area contributed by atoms with Crippen molar-refractivity contribution >= 4 is 9.84 Å².